The molecule has 0 aliphatic rings. The van der Waals surface area contributed by atoms with Crippen molar-refractivity contribution in [1.29, 1.82) is 5.26 Å². The molecule has 0 atom stereocenters. The van der Waals surface area contributed by atoms with Crippen LogP contribution in [0.1, 0.15) is 5.56 Å². The Bertz CT molecular complexity index is 1130. The molecule has 2 aromatic heterocycles. The number of aromatic nitrogens is 3. The lowest BCUT2D eigenvalue weighted by Crippen LogP contribution is -2.08. The van der Waals surface area contributed by atoms with Crippen molar-refractivity contribution >= 4 is 44.6 Å². The first kappa shape index (κ1) is 16.9. The highest BCUT2D eigenvalue weighted by Crippen LogP contribution is 2.31. The van der Waals surface area contributed by atoms with Gasteiger partial charge in [0.25, 0.3) is 0 Å². The molecule has 27 heavy (non-hydrogen) atoms. The third-order valence-corrected chi connectivity index (χ3v) is 5.13. The third-order valence-electron chi connectivity index (χ3n) is 4.12. The van der Waals surface area contributed by atoms with E-state index in [1.807, 2.05) is 67.5 Å². The number of hydrogen-bond donors (Lipinski definition) is 2. The highest BCUT2D eigenvalue weighted by Gasteiger charge is 2.19. The van der Waals surface area contributed by atoms with Gasteiger partial charge in [0, 0.05) is 25.5 Å². The summed E-state index contributed by atoms with van der Waals surface area (Å²) in [6, 6.07) is 17.8. The second kappa shape index (κ2) is 6.63. The number of benzene rings is 2. The predicted molar refractivity (Wildman–Crippen MR) is 110 cm³/mol. The summed E-state index contributed by atoms with van der Waals surface area (Å²) in [6.45, 7) is 0. The minimum Gasteiger partial charge on any atom is -0.382 e. The fraction of sp³-hybridized carbons (Fsp3) is 0.105. The Labute approximate surface area is 160 Å². The second-order valence-corrected chi connectivity index (χ2v) is 7.18. The minimum absolute atomic E-state index is 0.267. The maximum absolute atomic E-state index is 9.57. The van der Waals surface area contributed by atoms with Gasteiger partial charge in [0.1, 0.15) is 17.5 Å². The SMILES string of the molecule is CN(C)c1cccc(Nc2nn(-c3nc4ccccc4s3)c(N)c2C#N)c1. The van der Waals surface area contributed by atoms with Crippen LogP contribution in [0.3, 0.4) is 0 Å². The lowest BCUT2D eigenvalue weighted by Gasteiger charge is -2.13. The molecular weight excluding hydrogens is 358 g/mol. The molecule has 0 fully saturated rings. The van der Waals surface area contributed by atoms with E-state index in [0.29, 0.717) is 16.5 Å². The molecule has 0 saturated heterocycles. The summed E-state index contributed by atoms with van der Waals surface area (Å²) in [6.07, 6.45) is 0. The first-order valence-electron chi connectivity index (χ1n) is 8.26. The van der Waals surface area contributed by atoms with Crippen LogP contribution in [0.2, 0.25) is 0 Å². The van der Waals surface area contributed by atoms with Gasteiger partial charge in [-0.2, -0.15) is 9.94 Å². The van der Waals surface area contributed by atoms with Crippen molar-refractivity contribution < 1.29 is 0 Å². The predicted octanol–water partition coefficient (Wildman–Crippen LogP) is 3.75. The van der Waals surface area contributed by atoms with Gasteiger partial charge >= 0.3 is 0 Å². The number of fused-ring (bicyclic) bond motifs is 1. The van der Waals surface area contributed by atoms with Gasteiger partial charge in [-0.1, -0.05) is 29.5 Å². The summed E-state index contributed by atoms with van der Waals surface area (Å²) < 4.78 is 2.55. The molecule has 7 nitrogen and oxygen atoms in total. The van der Waals surface area contributed by atoms with Gasteiger partial charge in [-0.3, -0.25) is 0 Å². The maximum Gasteiger partial charge on any atom is 0.213 e. The van der Waals surface area contributed by atoms with Crippen LogP contribution in [0, 0.1) is 11.3 Å². The molecule has 3 N–H and O–H groups in total. The van der Waals surface area contributed by atoms with Gasteiger partial charge in [-0.15, -0.1) is 5.10 Å². The van der Waals surface area contributed by atoms with Crippen molar-refractivity contribution in [3.8, 4) is 11.2 Å². The number of nitrogens with two attached hydrogens (primary N) is 1. The Hall–Kier alpha value is -3.57. The van der Waals surface area contributed by atoms with Crippen LogP contribution in [0.5, 0.6) is 0 Å². The largest absolute Gasteiger partial charge is 0.382 e. The molecule has 0 saturated carbocycles. The van der Waals surface area contributed by atoms with Crippen LogP contribution in [0.15, 0.2) is 48.5 Å². The van der Waals surface area contributed by atoms with Crippen molar-refractivity contribution in [3.05, 3.63) is 54.1 Å². The van der Waals surface area contributed by atoms with Crippen LogP contribution in [-0.4, -0.2) is 28.9 Å². The number of nitriles is 1. The molecule has 0 bridgehead atoms. The first-order valence-corrected chi connectivity index (χ1v) is 9.07. The Kier molecular flexibility index (Phi) is 4.14. The Morgan fingerprint density at radius 2 is 2.00 bits per heavy atom. The Morgan fingerprint density at radius 3 is 2.74 bits per heavy atom. The molecule has 0 aliphatic heterocycles. The summed E-state index contributed by atoms with van der Waals surface area (Å²) in [5, 5.41) is 17.9. The molecule has 4 aromatic rings. The van der Waals surface area contributed by atoms with Crippen LogP contribution >= 0.6 is 11.3 Å². The smallest absolute Gasteiger partial charge is 0.213 e. The van der Waals surface area contributed by atoms with Gasteiger partial charge in [0.05, 0.1) is 10.2 Å². The number of anilines is 4. The number of nitrogens with one attached hydrogen (secondary N) is 1. The average Bonchev–Trinajstić information content (AvgIpc) is 3.22. The highest BCUT2D eigenvalue weighted by molar-refractivity contribution is 7.20. The fourth-order valence-corrected chi connectivity index (χ4v) is 3.66. The number of nitrogens with zero attached hydrogens (tertiary/aromatic N) is 5. The molecular formula is C19H17N7S. The van der Waals surface area contributed by atoms with E-state index in [0.717, 1.165) is 21.6 Å². The maximum atomic E-state index is 9.57. The monoisotopic (exact) mass is 375 g/mol. The normalized spacial score (nSPS) is 10.7. The van der Waals surface area contributed by atoms with Crippen LogP contribution in [0.4, 0.5) is 23.0 Å². The Morgan fingerprint density at radius 1 is 1.19 bits per heavy atom. The lowest BCUT2D eigenvalue weighted by atomic mass is 10.2. The van der Waals surface area contributed by atoms with Crippen LogP contribution in [0.25, 0.3) is 15.3 Å². The zero-order valence-corrected chi connectivity index (χ0v) is 15.7. The van der Waals surface area contributed by atoms with Gasteiger partial charge in [0.15, 0.2) is 5.82 Å². The van der Waals surface area contributed by atoms with E-state index in [-0.39, 0.29) is 5.82 Å². The van der Waals surface area contributed by atoms with Gasteiger partial charge in [0.2, 0.25) is 5.13 Å². The number of rotatable bonds is 4. The van der Waals surface area contributed by atoms with E-state index in [1.54, 1.807) is 0 Å². The zero-order chi connectivity index (χ0) is 19.0. The van der Waals surface area contributed by atoms with Gasteiger partial charge < -0.3 is 16.0 Å². The van der Waals surface area contributed by atoms with Crippen molar-refractivity contribution in [2.75, 3.05) is 30.0 Å². The molecule has 4 rings (SSSR count). The summed E-state index contributed by atoms with van der Waals surface area (Å²) in [5.41, 5.74) is 9.23. The fourth-order valence-electron chi connectivity index (χ4n) is 2.72. The number of hydrogen-bond acceptors (Lipinski definition) is 7. The second-order valence-electron chi connectivity index (χ2n) is 6.17. The van der Waals surface area contributed by atoms with E-state index >= 15 is 0 Å². The molecule has 0 radical (unpaired) electrons. The third kappa shape index (κ3) is 3.05. The first-order chi connectivity index (χ1) is 13.1. The van der Waals surface area contributed by atoms with Crippen molar-refractivity contribution in [1.82, 2.24) is 14.8 Å². The zero-order valence-electron chi connectivity index (χ0n) is 14.8. The number of nitrogen functional groups attached to an aromatic ring is 1. The molecule has 2 heterocycles. The van der Waals surface area contributed by atoms with Crippen molar-refractivity contribution in [2.45, 2.75) is 0 Å². The molecule has 8 heteroatoms. The molecule has 0 aliphatic carbocycles. The lowest BCUT2D eigenvalue weighted by molar-refractivity contribution is 0.887. The van der Waals surface area contributed by atoms with Gasteiger partial charge in [-0.25, -0.2) is 4.98 Å². The van der Waals surface area contributed by atoms with E-state index in [4.69, 9.17) is 5.73 Å². The molecule has 0 unspecified atom stereocenters. The summed E-state index contributed by atoms with van der Waals surface area (Å²) >= 11 is 1.48. The molecule has 2 aromatic carbocycles. The number of para-hydroxylation sites is 1. The summed E-state index contributed by atoms with van der Waals surface area (Å²) in [4.78, 5) is 6.58. The standard InChI is InChI=1S/C19H17N7S/c1-25(2)13-7-5-6-12(10-13)22-18-14(11-20)17(21)26(24-18)19-23-15-8-3-4-9-16(15)27-19/h3-10H,21H2,1-2H3,(H,22,24). The van der Waals surface area contributed by atoms with E-state index < -0.39 is 0 Å². The molecule has 0 spiro atoms. The quantitative estimate of drug-likeness (QED) is 0.564. The van der Waals surface area contributed by atoms with Crippen molar-refractivity contribution in [3.63, 3.8) is 0 Å². The topological polar surface area (TPSA) is 95.8 Å². The van der Waals surface area contributed by atoms with Crippen LogP contribution < -0.4 is 16.0 Å². The molecule has 0 amide bonds. The summed E-state index contributed by atoms with van der Waals surface area (Å²) in [7, 11) is 3.94. The van der Waals surface area contributed by atoms with Crippen molar-refractivity contribution in [2.24, 2.45) is 0 Å². The minimum atomic E-state index is 0.267. The van der Waals surface area contributed by atoms with Gasteiger partial charge in [-0.05, 0) is 30.3 Å². The molecule has 134 valence electrons. The highest BCUT2D eigenvalue weighted by atomic mass is 32.1. The van der Waals surface area contributed by atoms with E-state index in [1.165, 1.54) is 16.0 Å². The average molecular weight is 375 g/mol. The van der Waals surface area contributed by atoms with E-state index in [9.17, 15) is 5.26 Å². The summed E-state index contributed by atoms with van der Waals surface area (Å²) in [5.74, 6) is 0.674. The number of thiazole rings is 1. The van der Waals surface area contributed by atoms with E-state index in [2.05, 4.69) is 21.5 Å². The van der Waals surface area contributed by atoms with Crippen LogP contribution in [-0.2, 0) is 0 Å². The Balaban J connectivity index is 1.75.